The maximum absolute atomic E-state index is 13.6. The Morgan fingerprint density at radius 2 is 1.83 bits per heavy atom. The average Bonchev–Trinajstić information content (AvgIpc) is 3.42. The van der Waals surface area contributed by atoms with E-state index in [4.69, 9.17) is 32.7 Å². The highest BCUT2D eigenvalue weighted by Gasteiger charge is 2.33. The van der Waals surface area contributed by atoms with Gasteiger partial charge in [-0.05, 0) is 81.1 Å². The molecule has 3 aromatic rings. The molecular formula is C32H36Cl2N4O4. The van der Waals surface area contributed by atoms with E-state index in [0.717, 1.165) is 51.0 Å². The summed E-state index contributed by atoms with van der Waals surface area (Å²) in [5.74, 6) is 1.34. The summed E-state index contributed by atoms with van der Waals surface area (Å²) in [5.41, 5.74) is 1.60. The van der Waals surface area contributed by atoms with Crippen molar-refractivity contribution in [3.05, 3.63) is 76.4 Å². The van der Waals surface area contributed by atoms with Crippen LogP contribution in [-0.4, -0.2) is 65.8 Å². The smallest absolute Gasteiger partial charge is 0.225 e. The van der Waals surface area contributed by atoms with Crippen LogP contribution in [0.4, 0.5) is 5.69 Å². The summed E-state index contributed by atoms with van der Waals surface area (Å²) < 4.78 is 11.8. The summed E-state index contributed by atoms with van der Waals surface area (Å²) in [6.45, 7) is 3.78. The number of likely N-dealkylation sites (tertiary alicyclic amines) is 1. The van der Waals surface area contributed by atoms with Crippen LogP contribution in [0, 0.1) is 5.92 Å². The van der Waals surface area contributed by atoms with Crippen molar-refractivity contribution in [1.82, 2.24) is 15.2 Å². The van der Waals surface area contributed by atoms with Crippen LogP contribution in [0.1, 0.15) is 43.8 Å². The van der Waals surface area contributed by atoms with E-state index in [9.17, 15) is 9.90 Å². The number of carbonyl (C=O) groups is 1. The van der Waals surface area contributed by atoms with Gasteiger partial charge in [0, 0.05) is 43.7 Å². The Morgan fingerprint density at radius 1 is 1.00 bits per heavy atom. The fraction of sp³-hybridized carbons (Fsp3) is 0.438. The Kier molecular flexibility index (Phi) is 9.05. The van der Waals surface area contributed by atoms with E-state index in [1.807, 2.05) is 36.4 Å². The molecule has 10 heteroatoms. The minimum absolute atomic E-state index is 0.0561. The summed E-state index contributed by atoms with van der Waals surface area (Å²) in [6, 6.07) is 16.0. The molecule has 42 heavy (non-hydrogen) atoms. The highest BCUT2D eigenvalue weighted by molar-refractivity contribution is 6.32. The van der Waals surface area contributed by atoms with Crippen molar-refractivity contribution in [2.24, 2.45) is 5.92 Å². The number of rotatable bonds is 11. The fourth-order valence-electron chi connectivity index (χ4n) is 5.66. The van der Waals surface area contributed by atoms with Crippen molar-refractivity contribution < 1.29 is 19.4 Å². The lowest BCUT2D eigenvalue weighted by Crippen LogP contribution is -2.48. The third-order valence-electron chi connectivity index (χ3n) is 8.17. The van der Waals surface area contributed by atoms with Crippen molar-refractivity contribution >= 4 is 34.8 Å². The van der Waals surface area contributed by atoms with Gasteiger partial charge in [0.05, 0.1) is 28.1 Å². The van der Waals surface area contributed by atoms with Crippen molar-refractivity contribution in [1.29, 1.82) is 0 Å². The number of pyridine rings is 1. The second-order valence-corrected chi connectivity index (χ2v) is 12.2. The number of benzene rings is 2. The van der Waals surface area contributed by atoms with Crippen LogP contribution in [0.15, 0.2) is 60.8 Å². The van der Waals surface area contributed by atoms with E-state index in [2.05, 4.69) is 20.1 Å². The zero-order chi connectivity index (χ0) is 29.1. The van der Waals surface area contributed by atoms with Crippen LogP contribution >= 0.6 is 23.2 Å². The molecule has 2 aromatic carbocycles. The topological polar surface area (TPSA) is 87.2 Å². The molecule has 0 bridgehead atoms. The quantitative estimate of drug-likeness (QED) is 0.281. The van der Waals surface area contributed by atoms with Crippen LogP contribution in [0.25, 0.3) is 0 Å². The maximum atomic E-state index is 13.6. The van der Waals surface area contributed by atoms with Gasteiger partial charge in [-0.15, -0.1) is 0 Å². The lowest BCUT2D eigenvalue weighted by Gasteiger charge is -2.30. The van der Waals surface area contributed by atoms with Crippen LogP contribution in [0.2, 0.25) is 10.0 Å². The van der Waals surface area contributed by atoms with Gasteiger partial charge in [-0.1, -0.05) is 35.3 Å². The Balaban J connectivity index is 1.12. The number of aliphatic hydroxyl groups is 1. The van der Waals surface area contributed by atoms with E-state index < -0.39 is 12.1 Å². The second kappa shape index (κ2) is 13.1. The number of amides is 1. The van der Waals surface area contributed by atoms with Gasteiger partial charge in [-0.2, -0.15) is 0 Å². The highest BCUT2D eigenvalue weighted by Crippen LogP contribution is 2.36. The molecule has 3 atom stereocenters. The van der Waals surface area contributed by atoms with E-state index in [1.165, 1.54) is 0 Å². The number of aliphatic hydroxyl groups excluding tert-OH is 1. The predicted molar refractivity (Wildman–Crippen MR) is 164 cm³/mol. The first kappa shape index (κ1) is 29.1. The molecule has 3 aliphatic rings. The lowest BCUT2D eigenvalue weighted by atomic mass is 10.00. The zero-order valence-corrected chi connectivity index (χ0v) is 24.9. The number of nitrogens with zero attached hydrogens (tertiary/aromatic N) is 3. The SMILES string of the molecule is O=C(N[C@H](CN1CCCC1)[C@H](O)c1ccc(OC2CC2)c(Cl)c1)C1CCN(c2ccc(Cl)c(Oc3ccccn3)c2)C1. The monoisotopic (exact) mass is 610 g/mol. The molecule has 2 aliphatic heterocycles. The Bertz CT molecular complexity index is 1380. The number of anilines is 1. The number of halogens is 2. The van der Waals surface area contributed by atoms with E-state index in [0.29, 0.717) is 52.5 Å². The minimum Gasteiger partial charge on any atom is -0.489 e. The van der Waals surface area contributed by atoms with E-state index in [-0.39, 0.29) is 17.9 Å². The van der Waals surface area contributed by atoms with Gasteiger partial charge in [0.1, 0.15) is 17.6 Å². The van der Waals surface area contributed by atoms with Gasteiger partial charge in [0.2, 0.25) is 11.8 Å². The summed E-state index contributed by atoms with van der Waals surface area (Å²) in [4.78, 5) is 22.3. The molecule has 3 heterocycles. The van der Waals surface area contributed by atoms with Crippen molar-refractivity contribution in [3.8, 4) is 17.4 Å². The molecule has 1 unspecified atom stereocenters. The number of carbonyl (C=O) groups excluding carboxylic acids is 1. The van der Waals surface area contributed by atoms with Crippen LogP contribution in [0.3, 0.4) is 0 Å². The molecule has 6 rings (SSSR count). The van der Waals surface area contributed by atoms with Gasteiger partial charge in [-0.25, -0.2) is 4.98 Å². The van der Waals surface area contributed by atoms with Gasteiger partial charge < -0.3 is 29.7 Å². The number of nitrogens with one attached hydrogen (secondary N) is 1. The minimum atomic E-state index is -0.901. The standard InChI is InChI=1S/C32H36Cl2N4O4/c33-25-10-7-23(18-29(25)42-30-5-1-2-13-35-30)38-16-12-22(19-38)32(40)36-27(20-37-14-3-4-15-37)31(39)21-6-11-28(26(34)17-21)41-24-8-9-24/h1-2,5-7,10-11,13,17-18,22,24,27,31,39H,3-4,8-9,12,14-16,19-20H2,(H,36,40)/t22?,27-,31-/m1/s1. The number of hydrogen-bond donors (Lipinski definition) is 2. The average molecular weight is 612 g/mol. The van der Waals surface area contributed by atoms with E-state index in [1.54, 1.807) is 24.4 Å². The molecule has 2 saturated heterocycles. The van der Waals surface area contributed by atoms with Gasteiger partial charge >= 0.3 is 0 Å². The van der Waals surface area contributed by atoms with Crippen molar-refractivity contribution in [2.75, 3.05) is 37.6 Å². The third-order valence-corrected chi connectivity index (χ3v) is 8.78. The largest absolute Gasteiger partial charge is 0.489 e. The maximum Gasteiger partial charge on any atom is 0.225 e. The van der Waals surface area contributed by atoms with Crippen LogP contribution in [-0.2, 0) is 4.79 Å². The first-order valence-corrected chi connectivity index (χ1v) is 15.5. The molecule has 222 valence electrons. The summed E-state index contributed by atoms with van der Waals surface area (Å²) >= 11 is 12.9. The third kappa shape index (κ3) is 7.11. The van der Waals surface area contributed by atoms with Crippen molar-refractivity contribution in [2.45, 2.75) is 50.4 Å². The molecule has 0 spiro atoms. The first-order valence-electron chi connectivity index (χ1n) is 14.7. The molecule has 1 aliphatic carbocycles. The van der Waals surface area contributed by atoms with Gasteiger partial charge in [-0.3, -0.25) is 4.79 Å². The normalized spacial score (nSPS) is 20.4. The highest BCUT2D eigenvalue weighted by atomic mass is 35.5. The summed E-state index contributed by atoms with van der Waals surface area (Å²) in [6.07, 6.45) is 6.04. The van der Waals surface area contributed by atoms with Crippen LogP contribution < -0.4 is 19.7 Å². The molecule has 1 amide bonds. The number of hydrogen-bond acceptors (Lipinski definition) is 7. The number of ether oxygens (including phenoxy) is 2. The lowest BCUT2D eigenvalue weighted by molar-refractivity contribution is -0.126. The van der Waals surface area contributed by atoms with E-state index >= 15 is 0 Å². The molecule has 1 aromatic heterocycles. The first-order chi connectivity index (χ1) is 20.4. The molecule has 3 fully saturated rings. The number of aromatic nitrogens is 1. The van der Waals surface area contributed by atoms with Crippen LogP contribution in [0.5, 0.6) is 17.4 Å². The summed E-state index contributed by atoms with van der Waals surface area (Å²) in [5, 5.41) is 15.6. The molecular weight excluding hydrogens is 575 g/mol. The van der Waals surface area contributed by atoms with Gasteiger partial charge in [0.25, 0.3) is 0 Å². The molecule has 2 N–H and O–H groups in total. The molecule has 0 radical (unpaired) electrons. The Hall–Kier alpha value is -3.04. The zero-order valence-electron chi connectivity index (χ0n) is 23.4. The Labute approximate surface area is 256 Å². The molecule has 1 saturated carbocycles. The summed E-state index contributed by atoms with van der Waals surface area (Å²) in [7, 11) is 0. The fourth-order valence-corrected chi connectivity index (χ4v) is 6.05. The van der Waals surface area contributed by atoms with Gasteiger partial charge in [0.15, 0.2) is 0 Å². The second-order valence-electron chi connectivity index (χ2n) is 11.4. The van der Waals surface area contributed by atoms with Crippen molar-refractivity contribution in [3.63, 3.8) is 0 Å². The Morgan fingerprint density at radius 3 is 2.57 bits per heavy atom. The predicted octanol–water partition coefficient (Wildman–Crippen LogP) is 5.86. The molecule has 8 nitrogen and oxygen atoms in total.